The van der Waals surface area contributed by atoms with E-state index < -0.39 is 0 Å². The van der Waals surface area contributed by atoms with Gasteiger partial charge in [-0.2, -0.15) is 0 Å². The van der Waals surface area contributed by atoms with Gasteiger partial charge in [0.25, 0.3) is 0 Å². The van der Waals surface area contributed by atoms with Crippen molar-refractivity contribution in [3.8, 4) is 5.75 Å². The number of epoxide rings is 1. The summed E-state index contributed by atoms with van der Waals surface area (Å²) in [5.74, 6) is 0.769. The van der Waals surface area contributed by atoms with Crippen molar-refractivity contribution in [3.05, 3.63) is 64.7 Å². The Bertz CT molecular complexity index is 655. The fourth-order valence-electron chi connectivity index (χ4n) is 2.12. The van der Waals surface area contributed by atoms with Crippen molar-refractivity contribution < 1.29 is 14.3 Å². The van der Waals surface area contributed by atoms with E-state index in [1.165, 1.54) is 0 Å². The van der Waals surface area contributed by atoms with Gasteiger partial charge in [-0.3, -0.25) is 4.79 Å². The van der Waals surface area contributed by atoms with Gasteiger partial charge < -0.3 is 9.47 Å². The van der Waals surface area contributed by atoms with E-state index in [9.17, 15) is 4.79 Å². The highest BCUT2D eigenvalue weighted by atomic mass is 16.6. The minimum absolute atomic E-state index is 0.0162. The number of hydrogen-bond acceptors (Lipinski definition) is 3. The lowest BCUT2D eigenvalue weighted by Crippen LogP contribution is -2.07. The van der Waals surface area contributed by atoms with Crippen LogP contribution in [0.4, 0.5) is 0 Å². The highest BCUT2D eigenvalue weighted by Gasteiger charge is 2.23. The summed E-state index contributed by atoms with van der Waals surface area (Å²) in [5.41, 5.74) is 3.51. The number of rotatable bonds is 5. The first-order valence-corrected chi connectivity index (χ1v) is 7.10. The Hall–Kier alpha value is -2.13. The molecule has 3 rings (SSSR count). The summed E-state index contributed by atoms with van der Waals surface area (Å²) in [7, 11) is 0. The molecule has 0 N–H and O–H groups in total. The number of carbonyl (C=O) groups excluding carboxylic acids is 1. The van der Waals surface area contributed by atoms with Crippen LogP contribution >= 0.6 is 0 Å². The van der Waals surface area contributed by atoms with Crippen LogP contribution in [-0.2, 0) is 4.74 Å². The molecule has 0 bridgehead atoms. The molecule has 0 spiro atoms. The van der Waals surface area contributed by atoms with E-state index in [1.54, 1.807) is 0 Å². The fraction of sp³-hybridized carbons (Fsp3) is 0.278. The zero-order valence-electron chi connectivity index (χ0n) is 12.3. The van der Waals surface area contributed by atoms with Crippen LogP contribution in [0.25, 0.3) is 0 Å². The SMILES string of the molecule is Cc1ccc(C(=O)c2ccc(C)c(OCC3CO3)c2)cc1. The summed E-state index contributed by atoms with van der Waals surface area (Å²) < 4.78 is 10.9. The van der Waals surface area contributed by atoms with Gasteiger partial charge in [0.05, 0.1) is 6.61 Å². The second-order valence-electron chi connectivity index (χ2n) is 5.44. The second-order valence-corrected chi connectivity index (χ2v) is 5.44. The first-order chi connectivity index (χ1) is 10.1. The van der Waals surface area contributed by atoms with Crippen LogP contribution < -0.4 is 4.74 Å². The monoisotopic (exact) mass is 282 g/mol. The Balaban J connectivity index is 1.81. The van der Waals surface area contributed by atoms with Crippen molar-refractivity contribution in [1.29, 1.82) is 0 Å². The van der Waals surface area contributed by atoms with E-state index in [1.807, 2.05) is 56.3 Å². The van der Waals surface area contributed by atoms with Crippen molar-refractivity contribution in [3.63, 3.8) is 0 Å². The molecule has 0 amide bonds. The van der Waals surface area contributed by atoms with Gasteiger partial charge in [0.2, 0.25) is 0 Å². The number of aryl methyl sites for hydroxylation is 2. The number of ketones is 1. The van der Waals surface area contributed by atoms with Crippen LogP contribution in [0.5, 0.6) is 5.75 Å². The van der Waals surface area contributed by atoms with Crippen LogP contribution in [0, 0.1) is 13.8 Å². The molecule has 1 heterocycles. The minimum Gasteiger partial charge on any atom is -0.490 e. The van der Waals surface area contributed by atoms with Gasteiger partial charge >= 0.3 is 0 Å². The molecule has 1 unspecified atom stereocenters. The van der Waals surface area contributed by atoms with E-state index in [4.69, 9.17) is 9.47 Å². The molecular weight excluding hydrogens is 264 g/mol. The number of ether oxygens (including phenoxy) is 2. The molecule has 0 saturated carbocycles. The second kappa shape index (κ2) is 5.70. The largest absolute Gasteiger partial charge is 0.490 e. The van der Waals surface area contributed by atoms with Gasteiger partial charge in [0, 0.05) is 11.1 Å². The standard InChI is InChI=1S/C18H18O3/c1-12-3-6-14(7-4-12)18(19)15-8-5-13(2)17(9-15)21-11-16-10-20-16/h3-9,16H,10-11H2,1-2H3. The van der Waals surface area contributed by atoms with Gasteiger partial charge in [-0.25, -0.2) is 0 Å². The van der Waals surface area contributed by atoms with Crippen molar-refractivity contribution in [2.24, 2.45) is 0 Å². The van der Waals surface area contributed by atoms with Crippen LogP contribution in [0.1, 0.15) is 27.0 Å². The third-order valence-corrected chi connectivity index (χ3v) is 3.59. The average molecular weight is 282 g/mol. The summed E-state index contributed by atoms with van der Waals surface area (Å²) in [5, 5.41) is 0. The lowest BCUT2D eigenvalue weighted by molar-refractivity contribution is 0.103. The van der Waals surface area contributed by atoms with Crippen LogP contribution in [0.15, 0.2) is 42.5 Å². The molecule has 1 saturated heterocycles. The Morgan fingerprint density at radius 3 is 2.48 bits per heavy atom. The predicted octanol–water partition coefficient (Wildman–Crippen LogP) is 3.31. The number of hydrogen-bond donors (Lipinski definition) is 0. The highest BCUT2D eigenvalue weighted by molar-refractivity contribution is 6.09. The zero-order valence-corrected chi connectivity index (χ0v) is 12.3. The molecule has 1 atom stereocenters. The lowest BCUT2D eigenvalue weighted by atomic mass is 10.0. The van der Waals surface area contributed by atoms with E-state index in [0.29, 0.717) is 17.7 Å². The predicted molar refractivity (Wildman–Crippen MR) is 81.0 cm³/mol. The Kier molecular flexibility index (Phi) is 3.76. The maximum atomic E-state index is 12.5. The van der Waals surface area contributed by atoms with Crippen molar-refractivity contribution in [2.75, 3.05) is 13.2 Å². The van der Waals surface area contributed by atoms with Crippen LogP contribution in [0.3, 0.4) is 0 Å². The van der Waals surface area contributed by atoms with Gasteiger partial charge in [0.1, 0.15) is 18.5 Å². The average Bonchev–Trinajstić information content (AvgIpc) is 3.31. The molecule has 0 aromatic heterocycles. The molecular formula is C18H18O3. The van der Waals surface area contributed by atoms with Crippen molar-refractivity contribution >= 4 is 5.78 Å². The van der Waals surface area contributed by atoms with E-state index in [2.05, 4.69) is 0 Å². The summed E-state index contributed by atoms with van der Waals surface area (Å²) >= 11 is 0. The maximum Gasteiger partial charge on any atom is 0.193 e. The summed E-state index contributed by atoms with van der Waals surface area (Å²) in [6, 6.07) is 13.2. The number of carbonyl (C=O) groups is 1. The Labute approximate surface area is 124 Å². The quantitative estimate of drug-likeness (QED) is 0.624. The summed E-state index contributed by atoms with van der Waals surface area (Å²) in [6.07, 6.45) is 0.209. The molecule has 2 aromatic carbocycles. The minimum atomic E-state index is 0.0162. The molecule has 2 aromatic rings. The van der Waals surface area contributed by atoms with Gasteiger partial charge in [-0.15, -0.1) is 0 Å². The molecule has 0 aliphatic carbocycles. The lowest BCUT2D eigenvalue weighted by Gasteiger charge is -2.10. The normalized spacial score (nSPS) is 16.6. The molecule has 1 fully saturated rings. The maximum absolute atomic E-state index is 12.5. The molecule has 1 aliphatic rings. The number of benzene rings is 2. The van der Waals surface area contributed by atoms with Gasteiger partial charge in [-0.1, -0.05) is 42.0 Å². The first-order valence-electron chi connectivity index (χ1n) is 7.10. The molecule has 1 aliphatic heterocycles. The molecule has 3 heteroatoms. The first kappa shape index (κ1) is 13.8. The summed E-state index contributed by atoms with van der Waals surface area (Å²) in [6.45, 7) is 5.29. The summed E-state index contributed by atoms with van der Waals surface area (Å²) in [4.78, 5) is 12.5. The third kappa shape index (κ3) is 3.31. The van der Waals surface area contributed by atoms with Crippen LogP contribution in [-0.4, -0.2) is 25.1 Å². The molecule has 3 nitrogen and oxygen atoms in total. The highest BCUT2D eigenvalue weighted by Crippen LogP contribution is 2.23. The molecule has 108 valence electrons. The Morgan fingerprint density at radius 2 is 1.81 bits per heavy atom. The van der Waals surface area contributed by atoms with E-state index in [-0.39, 0.29) is 11.9 Å². The smallest absolute Gasteiger partial charge is 0.193 e. The van der Waals surface area contributed by atoms with E-state index in [0.717, 1.165) is 23.5 Å². The van der Waals surface area contributed by atoms with Crippen molar-refractivity contribution in [1.82, 2.24) is 0 Å². The Morgan fingerprint density at radius 1 is 1.14 bits per heavy atom. The van der Waals surface area contributed by atoms with Crippen molar-refractivity contribution in [2.45, 2.75) is 20.0 Å². The topological polar surface area (TPSA) is 38.8 Å². The van der Waals surface area contributed by atoms with Crippen LogP contribution in [0.2, 0.25) is 0 Å². The molecule has 0 radical (unpaired) electrons. The van der Waals surface area contributed by atoms with E-state index >= 15 is 0 Å². The third-order valence-electron chi connectivity index (χ3n) is 3.59. The van der Waals surface area contributed by atoms with Gasteiger partial charge in [0.15, 0.2) is 5.78 Å². The fourth-order valence-corrected chi connectivity index (χ4v) is 2.12. The van der Waals surface area contributed by atoms with Gasteiger partial charge in [-0.05, 0) is 25.5 Å². The zero-order chi connectivity index (χ0) is 14.8. The molecule has 21 heavy (non-hydrogen) atoms.